The van der Waals surface area contributed by atoms with E-state index in [1.165, 1.54) is 6.92 Å². The molecule has 0 heterocycles. The molecule has 2 atom stereocenters. The number of ether oxygens (including phenoxy) is 1. The first-order valence-electron chi connectivity index (χ1n) is 4.42. The van der Waals surface area contributed by atoms with Crippen LogP contribution in [0.1, 0.15) is 39.5 Å². The first kappa shape index (κ1) is 9.52. The predicted octanol–water partition coefficient (Wildman–Crippen LogP) is 1.24. The van der Waals surface area contributed by atoms with Crippen molar-refractivity contribution in [3.8, 4) is 0 Å². The number of hydrogen-bond donors (Lipinski definition) is 1. The molecule has 0 spiro atoms. The molecule has 0 aromatic carbocycles. The molecule has 1 saturated carbocycles. The van der Waals surface area contributed by atoms with E-state index in [1.807, 2.05) is 0 Å². The molecule has 0 bridgehead atoms. The van der Waals surface area contributed by atoms with E-state index >= 15 is 0 Å². The van der Waals surface area contributed by atoms with Crippen molar-refractivity contribution in [2.75, 3.05) is 0 Å². The van der Waals surface area contributed by atoms with E-state index in [4.69, 9.17) is 4.74 Å². The zero-order valence-corrected chi connectivity index (χ0v) is 7.67. The molecule has 0 aromatic rings. The van der Waals surface area contributed by atoms with Crippen LogP contribution in [0.25, 0.3) is 0 Å². The van der Waals surface area contributed by atoms with Gasteiger partial charge in [0.15, 0.2) is 0 Å². The molecule has 0 saturated heterocycles. The summed E-state index contributed by atoms with van der Waals surface area (Å²) in [5, 5.41) is 9.81. The van der Waals surface area contributed by atoms with Gasteiger partial charge in [0.2, 0.25) is 0 Å². The van der Waals surface area contributed by atoms with Gasteiger partial charge in [-0.3, -0.25) is 4.79 Å². The van der Waals surface area contributed by atoms with Gasteiger partial charge < -0.3 is 9.84 Å². The van der Waals surface area contributed by atoms with Crippen LogP contribution in [0.15, 0.2) is 0 Å². The molecule has 1 aliphatic rings. The van der Waals surface area contributed by atoms with Gasteiger partial charge >= 0.3 is 5.97 Å². The number of aliphatic hydroxyl groups is 1. The van der Waals surface area contributed by atoms with Crippen LogP contribution in [0, 0.1) is 0 Å². The Kier molecular flexibility index (Phi) is 2.73. The highest BCUT2D eigenvalue weighted by Crippen LogP contribution is 2.30. The van der Waals surface area contributed by atoms with E-state index in [9.17, 15) is 9.90 Å². The molecule has 0 aromatic heterocycles. The Labute approximate surface area is 72.7 Å². The van der Waals surface area contributed by atoms with E-state index in [2.05, 4.69) is 0 Å². The van der Waals surface area contributed by atoms with Crippen molar-refractivity contribution in [2.24, 2.45) is 0 Å². The molecule has 0 aliphatic heterocycles. The van der Waals surface area contributed by atoms with E-state index in [0.29, 0.717) is 0 Å². The largest absolute Gasteiger partial charge is 0.460 e. The van der Waals surface area contributed by atoms with Gasteiger partial charge in [0.1, 0.15) is 6.10 Å². The van der Waals surface area contributed by atoms with Crippen molar-refractivity contribution in [1.29, 1.82) is 0 Å². The van der Waals surface area contributed by atoms with Crippen LogP contribution < -0.4 is 0 Å². The summed E-state index contributed by atoms with van der Waals surface area (Å²) in [4.78, 5) is 10.7. The SMILES string of the molecule is CC(=O)O[C@@H]1CCCC[C@]1(C)O. The quantitative estimate of drug-likeness (QED) is 0.605. The lowest BCUT2D eigenvalue weighted by Crippen LogP contribution is -2.44. The van der Waals surface area contributed by atoms with Gasteiger partial charge in [-0.25, -0.2) is 0 Å². The fourth-order valence-electron chi connectivity index (χ4n) is 1.67. The number of hydrogen-bond acceptors (Lipinski definition) is 3. The molecule has 70 valence electrons. The molecule has 1 aliphatic carbocycles. The van der Waals surface area contributed by atoms with Gasteiger partial charge in [-0.15, -0.1) is 0 Å². The summed E-state index contributed by atoms with van der Waals surface area (Å²) >= 11 is 0. The summed E-state index contributed by atoms with van der Waals surface area (Å²) in [5.74, 6) is -0.304. The molecular weight excluding hydrogens is 156 g/mol. The third-order valence-electron chi connectivity index (χ3n) is 2.40. The molecule has 3 nitrogen and oxygen atoms in total. The molecular formula is C9H16O3. The smallest absolute Gasteiger partial charge is 0.303 e. The maximum atomic E-state index is 10.7. The van der Waals surface area contributed by atoms with Gasteiger partial charge in [0.25, 0.3) is 0 Å². The van der Waals surface area contributed by atoms with Crippen molar-refractivity contribution in [1.82, 2.24) is 0 Å². The number of rotatable bonds is 1. The Hall–Kier alpha value is -0.570. The van der Waals surface area contributed by atoms with Crippen LogP contribution in [0.3, 0.4) is 0 Å². The highest BCUT2D eigenvalue weighted by atomic mass is 16.6. The molecule has 1 N–H and O–H groups in total. The van der Waals surface area contributed by atoms with Gasteiger partial charge in [0.05, 0.1) is 5.60 Å². The molecule has 3 heteroatoms. The summed E-state index contributed by atoms with van der Waals surface area (Å²) in [6.07, 6.45) is 3.26. The Morgan fingerprint density at radius 2 is 2.25 bits per heavy atom. The second-order valence-corrected chi connectivity index (χ2v) is 3.70. The number of carbonyl (C=O) groups is 1. The normalized spacial score (nSPS) is 36.1. The second kappa shape index (κ2) is 3.44. The lowest BCUT2D eigenvalue weighted by molar-refractivity contribution is -0.166. The fraction of sp³-hybridized carbons (Fsp3) is 0.889. The zero-order valence-electron chi connectivity index (χ0n) is 7.67. The lowest BCUT2D eigenvalue weighted by Gasteiger charge is -2.35. The molecule has 0 unspecified atom stereocenters. The van der Waals surface area contributed by atoms with Crippen molar-refractivity contribution in [2.45, 2.75) is 51.2 Å². The van der Waals surface area contributed by atoms with E-state index in [1.54, 1.807) is 6.92 Å². The van der Waals surface area contributed by atoms with Crippen LogP contribution in [-0.2, 0) is 9.53 Å². The fourth-order valence-corrected chi connectivity index (χ4v) is 1.67. The van der Waals surface area contributed by atoms with Gasteiger partial charge in [0, 0.05) is 6.92 Å². The summed E-state index contributed by atoms with van der Waals surface area (Å²) in [5.41, 5.74) is -0.816. The van der Waals surface area contributed by atoms with E-state index < -0.39 is 5.60 Å². The molecule has 0 amide bonds. The highest BCUT2D eigenvalue weighted by molar-refractivity contribution is 5.66. The van der Waals surface area contributed by atoms with Crippen LogP contribution in [0.2, 0.25) is 0 Å². The minimum atomic E-state index is -0.816. The molecule has 12 heavy (non-hydrogen) atoms. The Morgan fingerprint density at radius 1 is 1.58 bits per heavy atom. The maximum Gasteiger partial charge on any atom is 0.303 e. The van der Waals surface area contributed by atoms with Crippen molar-refractivity contribution < 1.29 is 14.6 Å². The average molecular weight is 172 g/mol. The second-order valence-electron chi connectivity index (χ2n) is 3.70. The van der Waals surface area contributed by atoms with Crippen LogP contribution in [0.4, 0.5) is 0 Å². The Morgan fingerprint density at radius 3 is 2.75 bits per heavy atom. The van der Waals surface area contributed by atoms with Gasteiger partial charge in [-0.1, -0.05) is 6.42 Å². The van der Waals surface area contributed by atoms with E-state index in [-0.39, 0.29) is 12.1 Å². The topological polar surface area (TPSA) is 46.5 Å². The number of carbonyl (C=O) groups excluding carboxylic acids is 1. The Balaban J connectivity index is 2.54. The first-order chi connectivity index (χ1) is 5.52. The molecule has 0 radical (unpaired) electrons. The van der Waals surface area contributed by atoms with Crippen molar-refractivity contribution in [3.05, 3.63) is 0 Å². The molecule has 1 rings (SSSR count). The third kappa shape index (κ3) is 2.21. The minimum Gasteiger partial charge on any atom is -0.460 e. The summed E-state index contributed by atoms with van der Waals surface area (Å²) in [7, 11) is 0. The standard InChI is InChI=1S/C9H16O3/c1-7(10)12-8-5-3-4-6-9(8,2)11/h8,11H,3-6H2,1-2H3/t8-,9+/m1/s1. The summed E-state index contributed by atoms with van der Waals surface area (Å²) < 4.78 is 5.02. The third-order valence-corrected chi connectivity index (χ3v) is 2.40. The van der Waals surface area contributed by atoms with Gasteiger partial charge in [-0.2, -0.15) is 0 Å². The van der Waals surface area contributed by atoms with Crippen LogP contribution in [-0.4, -0.2) is 22.8 Å². The van der Waals surface area contributed by atoms with Crippen LogP contribution in [0.5, 0.6) is 0 Å². The maximum absolute atomic E-state index is 10.7. The summed E-state index contributed by atoms with van der Waals surface area (Å²) in [6.45, 7) is 3.12. The Bertz CT molecular complexity index is 175. The summed E-state index contributed by atoms with van der Waals surface area (Å²) in [6, 6.07) is 0. The van der Waals surface area contributed by atoms with Gasteiger partial charge in [-0.05, 0) is 26.2 Å². The first-order valence-corrected chi connectivity index (χ1v) is 4.42. The zero-order chi connectivity index (χ0) is 9.19. The monoisotopic (exact) mass is 172 g/mol. The van der Waals surface area contributed by atoms with Crippen LogP contribution >= 0.6 is 0 Å². The lowest BCUT2D eigenvalue weighted by atomic mass is 9.84. The average Bonchev–Trinajstić information content (AvgIpc) is 1.92. The predicted molar refractivity (Wildman–Crippen MR) is 44.6 cm³/mol. The number of esters is 1. The van der Waals surface area contributed by atoms with Crippen molar-refractivity contribution in [3.63, 3.8) is 0 Å². The highest BCUT2D eigenvalue weighted by Gasteiger charge is 2.36. The minimum absolute atomic E-state index is 0.302. The van der Waals surface area contributed by atoms with E-state index in [0.717, 1.165) is 25.7 Å². The molecule has 1 fully saturated rings. The van der Waals surface area contributed by atoms with Crippen molar-refractivity contribution >= 4 is 5.97 Å².